The zero-order valence-corrected chi connectivity index (χ0v) is 17.1. The van der Waals surface area contributed by atoms with Gasteiger partial charge in [0.15, 0.2) is 18.2 Å². The van der Waals surface area contributed by atoms with Gasteiger partial charge in [0, 0.05) is 16.7 Å². The Bertz CT molecular complexity index is 1280. The minimum Gasteiger partial charge on any atom is -0.481 e. The Kier molecular flexibility index (Phi) is 5.43. The van der Waals surface area contributed by atoms with Crippen LogP contribution in [-0.2, 0) is 4.79 Å². The lowest BCUT2D eigenvalue weighted by Gasteiger charge is -2.11. The van der Waals surface area contributed by atoms with Gasteiger partial charge in [0.25, 0.3) is 5.71 Å². The first-order chi connectivity index (χ1) is 14.8. The van der Waals surface area contributed by atoms with Crippen molar-refractivity contribution in [1.29, 1.82) is 0 Å². The van der Waals surface area contributed by atoms with Gasteiger partial charge >= 0.3 is 12.0 Å². The van der Waals surface area contributed by atoms with Crippen LogP contribution in [0.4, 0.5) is 4.39 Å². The van der Waals surface area contributed by atoms with E-state index in [4.69, 9.17) is 30.6 Å². The van der Waals surface area contributed by atoms with Crippen molar-refractivity contribution in [3.8, 4) is 29.0 Å². The van der Waals surface area contributed by atoms with Crippen LogP contribution in [0.3, 0.4) is 0 Å². The first-order valence-electron chi connectivity index (χ1n) is 9.03. The van der Waals surface area contributed by atoms with Gasteiger partial charge in [-0.25, -0.2) is 19.2 Å². The number of carboxylic acids is 1. The van der Waals surface area contributed by atoms with Crippen molar-refractivity contribution in [1.82, 2.24) is 15.0 Å². The van der Waals surface area contributed by atoms with Gasteiger partial charge in [0.05, 0.1) is 6.20 Å². The lowest BCUT2D eigenvalue weighted by atomic mass is 10.1. The number of carbonyl (C=O) groups is 1. The summed E-state index contributed by atoms with van der Waals surface area (Å²) in [7, 11) is 0. The highest BCUT2D eigenvalue weighted by molar-refractivity contribution is 6.30. The largest absolute Gasteiger partial charge is 0.481 e. The van der Waals surface area contributed by atoms with Crippen LogP contribution in [0.25, 0.3) is 22.7 Å². The van der Waals surface area contributed by atoms with Gasteiger partial charge in [-0.05, 0) is 49.2 Å². The summed E-state index contributed by atoms with van der Waals surface area (Å²) in [4.78, 5) is 23.3. The van der Waals surface area contributed by atoms with E-state index in [1.54, 1.807) is 26.0 Å². The van der Waals surface area contributed by atoms with E-state index in [1.807, 2.05) is 0 Å². The Morgan fingerprint density at radius 2 is 1.94 bits per heavy atom. The van der Waals surface area contributed by atoms with Crippen LogP contribution >= 0.6 is 11.6 Å². The minimum atomic E-state index is -1.06. The zero-order chi connectivity index (χ0) is 22.1. The number of aromatic nitrogens is 3. The number of benzene rings is 2. The van der Waals surface area contributed by atoms with Crippen LogP contribution < -0.4 is 9.47 Å². The summed E-state index contributed by atoms with van der Waals surface area (Å²) in [6.07, 6.45) is 1.40. The second kappa shape index (κ2) is 8.19. The molecule has 0 unspecified atom stereocenters. The number of hydrogen-bond donors (Lipinski definition) is 1. The van der Waals surface area contributed by atoms with E-state index >= 15 is 0 Å². The Morgan fingerprint density at radius 1 is 1.19 bits per heavy atom. The number of aliphatic carboxylic acids is 1. The van der Waals surface area contributed by atoms with Crippen molar-refractivity contribution >= 4 is 28.8 Å². The smallest absolute Gasteiger partial charge is 0.341 e. The van der Waals surface area contributed by atoms with Crippen LogP contribution in [0.1, 0.15) is 11.1 Å². The number of aryl methyl sites for hydroxylation is 2. The summed E-state index contributed by atoms with van der Waals surface area (Å²) in [5, 5.41) is 9.12. The molecule has 1 N–H and O–H groups in total. The molecule has 2 heterocycles. The van der Waals surface area contributed by atoms with Gasteiger partial charge in [0.2, 0.25) is 5.89 Å². The van der Waals surface area contributed by atoms with E-state index in [9.17, 15) is 9.18 Å². The summed E-state index contributed by atoms with van der Waals surface area (Å²) < 4.78 is 30.3. The number of carboxylic acid groups (broad SMARTS) is 1. The van der Waals surface area contributed by atoms with Crippen molar-refractivity contribution in [3.05, 3.63) is 58.5 Å². The Balaban J connectivity index is 1.64. The number of ether oxygens (including phenoxy) is 2. The monoisotopic (exact) mass is 443 g/mol. The maximum atomic E-state index is 13.9. The molecule has 2 aromatic carbocycles. The summed E-state index contributed by atoms with van der Waals surface area (Å²) in [5.74, 6) is -1.01. The van der Waals surface area contributed by atoms with Crippen molar-refractivity contribution in [2.45, 2.75) is 13.8 Å². The molecule has 4 aromatic rings. The molecule has 0 fully saturated rings. The SMILES string of the molecule is Cc1cc(-c2nc3cnc(Oc4cc(Cl)ccc4F)nc3o2)cc(C)c1OCC(=O)O. The molecule has 0 saturated heterocycles. The second-order valence-electron chi connectivity index (χ2n) is 6.66. The van der Waals surface area contributed by atoms with Crippen LogP contribution in [0.5, 0.6) is 17.5 Å². The molecule has 0 radical (unpaired) electrons. The number of nitrogens with zero attached hydrogens (tertiary/aromatic N) is 3. The fourth-order valence-electron chi connectivity index (χ4n) is 2.98. The summed E-state index contributed by atoms with van der Waals surface area (Å²) in [5.41, 5.74) is 2.65. The van der Waals surface area contributed by atoms with Gasteiger partial charge in [0.1, 0.15) is 11.3 Å². The lowest BCUT2D eigenvalue weighted by Crippen LogP contribution is -2.10. The van der Waals surface area contributed by atoms with Crippen LogP contribution in [0.2, 0.25) is 5.02 Å². The molecule has 31 heavy (non-hydrogen) atoms. The normalized spacial score (nSPS) is 11.0. The van der Waals surface area contributed by atoms with Crippen LogP contribution in [0.15, 0.2) is 40.9 Å². The van der Waals surface area contributed by atoms with E-state index in [1.165, 1.54) is 24.4 Å². The highest BCUT2D eigenvalue weighted by Crippen LogP contribution is 2.32. The molecule has 0 bridgehead atoms. The van der Waals surface area contributed by atoms with E-state index in [-0.39, 0.29) is 23.4 Å². The number of halogens is 2. The Morgan fingerprint density at radius 3 is 2.65 bits per heavy atom. The van der Waals surface area contributed by atoms with Crippen molar-refractivity contribution in [2.24, 2.45) is 0 Å². The Hall–Kier alpha value is -3.72. The number of rotatable bonds is 6. The van der Waals surface area contributed by atoms with E-state index in [0.717, 1.165) is 11.1 Å². The number of fused-ring (bicyclic) bond motifs is 1. The minimum absolute atomic E-state index is 0.116. The first-order valence-corrected chi connectivity index (χ1v) is 9.40. The quantitative estimate of drug-likeness (QED) is 0.446. The molecule has 0 aliphatic carbocycles. The molecule has 158 valence electrons. The number of hydrogen-bond acceptors (Lipinski definition) is 7. The fraction of sp³-hybridized carbons (Fsp3) is 0.143. The highest BCUT2D eigenvalue weighted by atomic mass is 35.5. The molecule has 0 aliphatic rings. The van der Waals surface area contributed by atoms with E-state index in [2.05, 4.69) is 15.0 Å². The summed E-state index contributed by atoms with van der Waals surface area (Å²) >= 11 is 5.87. The molecule has 0 saturated carbocycles. The van der Waals surface area contributed by atoms with E-state index in [0.29, 0.717) is 21.9 Å². The molecule has 0 spiro atoms. The molecule has 2 aromatic heterocycles. The molecule has 0 amide bonds. The van der Waals surface area contributed by atoms with Crippen LogP contribution in [0, 0.1) is 19.7 Å². The van der Waals surface area contributed by atoms with Crippen molar-refractivity contribution in [2.75, 3.05) is 6.61 Å². The topological polar surface area (TPSA) is 108 Å². The van der Waals surface area contributed by atoms with Gasteiger partial charge in [-0.2, -0.15) is 4.98 Å². The Labute approximate surface area is 180 Å². The third-order valence-electron chi connectivity index (χ3n) is 4.27. The molecule has 0 aliphatic heterocycles. The van der Waals surface area contributed by atoms with Gasteiger partial charge in [-0.15, -0.1) is 0 Å². The van der Waals surface area contributed by atoms with Crippen molar-refractivity contribution in [3.63, 3.8) is 0 Å². The highest BCUT2D eigenvalue weighted by Gasteiger charge is 2.16. The summed E-state index contributed by atoms with van der Waals surface area (Å²) in [6, 6.07) is 7.30. The standard InChI is InChI=1S/C21H15ClFN3O5/c1-10-5-12(6-11(2)18(10)29-9-17(27)28)19-25-15-8-24-21(26-20(15)31-19)30-16-7-13(22)3-4-14(16)23/h3-8H,9H2,1-2H3,(H,27,28). The van der Waals surface area contributed by atoms with Gasteiger partial charge in [-0.3, -0.25) is 0 Å². The molecule has 0 atom stereocenters. The summed E-state index contributed by atoms with van der Waals surface area (Å²) in [6.45, 7) is 3.15. The molecular formula is C21H15ClFN3O5. The van der Waals surface area contributed by atoms with Gasteiger partial charge in [-0.1, -0.05) is 11.6 Å². The third kappa shape index (κ3) is 4.41. The molecular weight excluding hydrogens is 429 g/mol. The third-order valence-corrected chi connectivity index (χ3v) is 4.51. The number of oxazole rings is 1. The second-order valence-corrected chi connectivity index (χ2v) is 7.10. The van der Waals surface area contributed by atoms with Crippen molar-refractivity contribution < 1.29 is 28.2 Å². The first kappa shape index (κ1) is 20.5. The average Bonchev–Trinajstić information content (AvgIpc) is 3.13. The average molecular weight is 444 g/mol. The molecule has 8 nitrogen and oxygen atoms in total. The molecule has 10 heteroatoms. The molecule has 4 rings (SSSR count). The van der Waals surface area contributed by atoms with E-state index < -0.39 is 18.4 Å². The predicted octanol–water partition coefficient (Wildman–Crippen LogP) is 4.95. The maximum Gasteiger partial charge on any atom is 0.341 e. The van der Waals surface area contributed by atoms with Gasteiger partial charge < -0.3 is 19.0 Å². The lowest BCUT2D eigenvalue weighted by molar-refractivity contribution is -0.139. The maximum absolute atomic E-state index is 13.9. The fourth-order valence-corrected chi connectivity index (χ4v) is 3.14. The predicted molar refractivity (Wildman–Crippen MR) is 109 cm³/mol. The van der Waals surface area contributed by atoms with Crippen LogP contribution in [-0.4, -0.2) is 32.6 Å². The zero-order valence-electron chi connectivity index (χ0n) is 16.3.